The second-order valence-electron chi connectivity index (χ2n) is 1.92. The summed E-state index contributed by atoms with van der Waals surface area (Å²) in [6.07, 6.45) is 1.27. The first-order valence-electron chi connectivity index (χ1n) is 2.95. The fraction of sp³-hybridized carbons (Fsp3) is 0.143. The summed E-state index contributed by atoms with van der Waals surface area (Å²) in [5.41, 5.74) is 0.155. The highest BCUT2D eigenvalue weighted by molar-refractivity contribution is 9.09. The lowest BCUT2D eigenvalue weighted by Gasteiger charge is -1.93. The Bertz CT molecular complexity index is 277. The molecule has 2 nitrogen and oxygen atoms in total. The second kappa shape index (κ2) is 3.57. The molecule has 0 radical (unpaired) electrons. The second-order valence-corrected chi connectivity index (χ2v) is 2.48. The average molecular weight is 218 g/mol. The van der Waals surface area contributed by atoms with Crippen LogP contribution in [0, 0.1) is 5.82 Å². The van der Waals surface area contributed by atoms with E-state index in [2.05, 4.69) is 20.9 Å². The highest BCUT2D eigenvalue weighted by atomic mass is 79.9. The number of halogens is 2. The fourth-order valence-corrected chi connectivity index (χ4v) is 0.913. The van der Waals surface area contributed by atoms with Crippen molar-refractivity contribution in [2.45, 2.75) is 0 Å². The van der Waals surface area contributed by atoms with Crippen LogP contribution in [0.2, 0.25) is 0 Å². The van der Waals surface area contributed by atoms with Gasteiger partial charge in [-0.15, -0.1) is 0 Å². The van der Waals surface area contributed by atoms with Crippen molar-refractivity contribution < 1.29 is 9.18 Å². The third kappa shape index (κ3) is 2.08. The molecule has 0 aliphatic carbocycles. The molecule has 4 heteroatoms. The van der Waals surface area contributed by atoms with Crippen molar-refractivity contribution in [3.63, 3.8) is 0 Å². The molecule has 0 aliphatic heterocycles. The molecule has 1 aromatic rings. The molecule has 0 bridgehead atoms. The number of carbonyl (C=O) groups excluding carboxylic acids is 1. The zero-order chi connectivity index (χ0) is 8.27. The topological polar surface area (TPSA) is 30.0 Å². The summed E-state index contributed by atoms with van der Waals surface area (Å²) in [7, 11) is 0. The van der Waals surface area contributed by atoms with Crippen molar-refractivity contribution >= 4 is 21.7 Å². The molecule has 0 unspecified atom stereocenters. The predicted molar refractivity (Wildman–Crippen MR) is 42.3 cm³/mol. The van der Waals surface area contributed by atoms with Crippen LogP contribution in [0.4, 0.5) is 4.39 Å². The smallest absolute Gasteiger partial charge is 0.191 e. The predicted octanol–water partition coefficient (Wildman–Crippen LogP) is 1.80. The largest absolute Gasteiger partial charge is 0.291 e. The number of pyridine rings is 1. The van der Waals surface area contributed by atoms with Crippen molar-refractivity contribution in [2.75, 3.05) is 5.33 Å². The molecule has 0 aromatic carbocycles. The Kier molecular flexibility index (Phi) is 2.70. The number of hydrogen-bond donors (Lipinski definition) is 0. The summed E-state index contributed by atoms with van der Waals surface area (Å²) in [5.74, 6) is -0.659. The summed E-state index contributed by atoms with van der Waals surface area (Å²) in [6, 6.07) is 2.31. The molecule has 11 heavy (non-hydrogen) atoms. The van der Waals surface area contributed by atoms with Gasteiger partial charge in [0.2, 0.25) is 0 Å². The molecular formula is C7H5BrFNO. The normalized spacial score (nSPS) is 9.64. The summed E-state index contributed by atoms with van der Waals surface area (Å²) in [5, 5.41) is 0.170. The van der Waals surface area contributed by atoms with E-state index in [1.807, 2.05) is 0 Å². The lowest BCUT2D eigenvalue weighted by atomic mass is 10.3. The molecule has 0 spiro atoms. The zero-order valence-corrected chi connectivity index (χ0v) is 7.14. The minimum atomic E-state index is -0.440. The quantitative estimate of drug-likeness (QED) is 0.559. The minimum absolute atomic E-state index is 0.155. The Labute approximate surface area is 71.6 Å². The lowest BCUT2D eigenvalue weighted by molar-refractivity contribution is 0.101. The van der Waals surface area contributed by atoms with E-state index in [1.54, 1.807) is 0 Å². The number of alkyl halides is 1. The minimum Gasteiger partial charge on any atom is -0.291 e. The summed E-state index contributed by atoms with van der Waals surface area (Å²) in [4.78, 5) is 14.6. The van der Waals surface area contributed by atoms with E-state index in [-0.39, 0.29) is 16.8 Å². The van der Waals surface area contributed by atoms with Gasteiger partial charge >= 0.3 is 0 Å². The lowest BCUT2D eigenvalue weighted by Crippen LogP contribution is -2.02. The van der Waals surface area contributed by atoms with E-state index in [0.29, 0.717) is 0 Å². The first-order chi connectivity index (χ1) is 5.24. The van der Waals surface area contributed by atoms with Crippen LogP contribution in [0.25, 0.3) is 0 Å². The van der Waals surface area contributed by atoms with Gasteiger partial charge in [-0.05, 0) is 6.07 Å². The molecule has 0 aliphatic rings. The van der Waals surface area contributed by atoms with Gasteiger partial charge in [-0.1, -0.05) is 15.9 Å². The number of ketones is 1. The van der Waals surface area contributed by atoms with E-state index >= 15 is 0 Å². The van der Waals surface area contributed by atoms with E-state index in [4.69, 9.17) is 0 Å². The molecule has 0 atom stereocenters. The number of carbonyl (C=O) groups is 1. The number of Topliss-reactive ketones (excluding diaryl/α,β-unsaturated/α-hetero) is 1. The zero-order valence-electron chi connectivity index (χ0n) is 5.55. The third-order valence-corrected chi connectivity index (χ3v) is 1.64. The summed E-state index contributed by atoms with van der Waals surface area (Å²) < 4.78 is 12.5. The van der Waals surface area contributed by atoms with Gasteiger partial charge in [0.15, 0.2) is 5.78 Å². The molecule has 0 saturated carbocycles. The van der Waals surface area contributed by atoms with Gasteiger partial charge in [-0.3, -0.25) is 9.78 Å². The van der Waals surface area contributed by atoms with Crippen LogP contribution >= 0.6 is 15.9 Å². The molecule has 0 fully saturated rings. The number of rotatable bonds is 2. The van der Waals surface area contributed by atoms with Crippen molar-refractivity contribution in [1.29, 1.82) is 0 Å². The van der Waals surface area contributed by atoms with Gasteiger partial charge < -0.3 is 0 Å². The summed E-state index contributed by atoms with van der Waals surface area (Å²) >= 11 is 2.96. The molecule has 0 N–H and O–H groups in total. The Morgan fingerprint density at radius 2 is 2.45 bits per heavy atom. The first-order valence-corrected chi connectivity index (χ1v) is 4.07. The maximum absolute atomic E-state index is 12.5. The van der Waals surface area contributed by atoms with Gasteiger partial charge in [-0.25, -0.2) is 4.39 Å². The van der Waals surface area contributed by atoms with Gasteiger partial charge in [0, 0.05) is 12.3 Å². The van der Waals surface area contributed by atoms with Crippen LogP contribution in [0.5, 0.6) is 0 Å². The molecule has 1 rings (SSSR count). The Morgan fingerprint density at radius 3 is 3.00 bits per heavy atom. The maximum atomic E-state index is 12.5. The molecule has 0 saturated heterocycles. The molecular weight excluding hydrogens is 213 g/mol. The maximum Gasteiger partial charge on any atom is 0.191 e. The molecule has 0 amide bonds. The highest BCUT2D eigenvalue weighted by Crippen LogP contribution is 2.01. The van der Waals surface area contributed by atoms with Crippen LogP contribution in [0.1, 0.15) is 10.5 Å². The van der Waals surface area contributed by atoms with Crippen molar-refractivity contribution in [3.05, 3.63) is 29.8 Å². The SMILES string of the molecule is O=C(CBr)c1cc(F)ccn1. The van der Waals surface area contributed by atoms with E-state index in [9.17, 15) is 9.18 Å². The summed E-state index contributed by atoms with van der Waals surface area (Å²) in [6.45, 7) is 0. The molecule has 1 heterocycles. The van der Waals surface area contributed by atoms with Crippen LogP contribution in [0.15, 0.2) is 18.3 Å². The Hall–Kier alpha value is -0.770. The number of nitrogens with zero attached hydrogens (tertiary/aromatic N) is 1. The standard InChI is InChI=1S/C7H5BrFNO/c8-4-7(11)6-3-5(9)1-2-10-6/h1-3H,4H2. The van der Waals surface area contributed by atoms with Crippen LogP contribution < -0.4 is 0 Å². The van der Waals surface area contributed by atoms with Crippen LogP contribution in [-0.2, 0) is 0 Å². The fourth-order valence-electron chi connectivity index (χ4n) is 0.626. The van der Waals surface area contributed by atoms with Crippen LogP contribution in [-0.4, -0.2) is 16.1 Å². The van der Waals surface area contributed by atoms with Crippen LogP contribution in [0.3, 0.4) is 0 Å². The molecule has 58 valence electrons. The van der Waals surface area contributed by atoms with Gasteiger partial charge in [0.05, 0.1) is 5.33 Å². The van der Waals surface area contributed by atoms with Crippen molar-refractivity contribution in [1.82, 2.24) is 4.98 Å². The monoisotopic (exact) mass is 217 g/mol. The number of aromatic nitrogens is 1. The Morgan fingerprint density at radius 1 is 1.73 bits per heavy atom. The van der Waals surface area contributed by atoms with Gasteiger partial charge in [0.25, 0.3) is 0 Å². The van der Waals surface area contributed by atoms with E-state index in [1.165, 1.54) is 12.3 Å². The first kappa shape index (κ1) is 8.33. The van der Waals surface area contributed by atoms with Gasteiger partial charge in [-0.2, -0.15) is 0 Å². The van der Waals surface area contributed by atoms with E-state index in [0.717, 1.165) is 6.07 Å². The Balaban J connectivity index is 2.96. The van der Waals surface area contributed by atoms with E-state index < -0.39 is 5.82 Å². The number of hydrogen-bond acceptors (Lipinski definition) is 2. The average Bonchev–Trinajstić information content (AvgIpc) is 2.03. The molecule has 1 aromatic heterocycles. The van der Waals surface area contributed by atoms with Crippen molar-refractivity contribution in [3.8, 4) is 0 Å². The highest BCUT2D eigenvalue weighted by Gasteiger charge is 2.04. The third-order valence-electron chi connectivity index (χ3n) is 1.13. The van der Waals surface area contributed by atoms with Gasteiger partial charge in [0.1, 0.15) is 11.5 Å². The van der Waals surface area contributed by atoms with Crippen molar-refractivity contribution in [2.24, 2.45) is 0 Å².